The maximum Gasteiger partial charge on any atom is 0.470 e. The summed E-state index contributed by atoms with van der Waals surface area (Å²) in [4.78, 5) is 21.1. The monoisotopic (exact) mass is 422 g/mol. The maximum absolute atomic E-state index is 12.6. The van der Waals surface area contributed by atoms with Crippen LogP contribution >= 0.6 is 0 Å². The Morgan fingerprint density at radius 2 is 1.87 bits per heavy atom. The van der Waals surface area contributed by atoms with Crippen molar-refractivity contribution in [2.45, 2.75) is 32.6 Å². The minimum atomic E-state index is -4.63. The summed E-state index contributed by atoms with van der Waals surface area (Å²) in [6.07, 6.45) is -3.07. The first-order valence-electron chi connectivity index (χ1n) is 9.60. The summed E-state index contributed by atoms with van der Waals surface area (Å²) in [6, 6.07) is 5.63. The number of aromatic nitrogens is 4. The Bertz CT molecular complexity index is 1100. The molecule has 1 aromatic carbocycles. The van der Waals surface area contributed by atoms with E-state index in [0.717, 1.165) is 5.69 Å². The number of anilines is 1. The molecule has 1 fully saturated rings. The topological polar surface area (TPSA) is 80.3 Å². The Morgan fingerprint density at radius 3 is 2.50 bits per heavy atom. The molecule has 0 spiro atoms. The minimum absolute atomic E-state index is 0.0354. The molecule has 1 saturated heterocycles. The third kappa shape index (κ3) is 4.02. The van der Waals surface area contributed by atoms with Crippen LogP contribution in [0.5, 0.6) is 0 Å². The van der Waals surface area contributed by atoms with Gasteiger partial charge in [-0.3, -0.25) is 14.3 Å². The first kappa shape index (κ1) is 20.3. The SMILES string of the molecule is CC(C)n1cnc2cc(N3CCN(Cc4nnc(C(F)(F)F)o4)CC3)ccc2c1=O. The zero-order valence-corrected chi connectivity index (χ0v) is 16.6. The molecule has 0 amide bonds. The number of fused-ring (bicyclic) bond motifs is 1. The number of hydrogen-bond acceptors (Lipinski definition) is 7. The molecule has 30 heavy (non-hydrogen) atoms. The molecule has 0 aliphatic carbocycles. The maximum atomic E-state index is 12.6. The summed E-state index contributed by atoms with van der Waals surface area (Å²) in [5, 5.41) is 7.11. The summed E-state index contributed by atoms with van der Waals surface area (Å²) >= 11 is 0. The largest absolute Gasteiger partial charge is 0.470 e. The summed E-state index contributed by atoms with van der Waals surface area (Å²) in [5.74, 6) is -1.37. The molecule has 0 radical (unpaired) electrons. The van der Waals surface area contributed by atoms with Crippen molar-refractivity contribution in [2.75, 3.05) is 31.1 Å². The minimum Gasteiger partial charge on any atom is -0.416 e. The molecule has 0 bridgehead atoms. The van der Waals surface area contributed by atoms with Crippen LogP contribution in [0.15, 0.2) is 33.7 Å². The van der Waals surface area contributed by atoms with Gasteiger partial charge in [0.15, 0.2) is 0 Å². The number of hydrogen-bond donors (Lipinski definition) is 0. The van der Waals surface area contributed by atoms with Gasteiger partial charge in [-0.1, -0.05) is 0 Å². The summed E-state index contributed by atoms with van der Waals surface area (Å²) < 4.78 is 44.0. The predicted molar refractivity (Wildman–Crippen MR) is 103 cm³/mol. The fraction of sp³-hybridized carbons (Fsp3) is 0.474. The van der Waals surface area contributed by atoms with Crippen molar-refractivity contribution < 1.29 is 17.6 Å². The summed E-state index contributed by atoms with van der Waals surface area (Å²) in [6.45, 7) is 6.64. The molecule has 0 N–H and O–H groups in total. The number of halogens is 3. The first-order valence-corrected chi connectivity index (χ1v) is 9.60. The lowest BCUT2D eigenvalue weighted by Gasteiger charge is -2.35. The van der Waals surface area contributed by atoms with Gasteiger partial charge in [0.25, 0.3) is 5.56 Å². The van der Waals surface area contributed by atoms with Gasteiger partial charge in [-0.2, -0.15) is 13.2 Å². The first-order chi connectivity index (χ1) is 14.2. The molecule has 1 aliphatic rings. The third-order valence-corrected chi connectivity index (χ3v) is 5.13. The van der Waals surface area contributed by atoms with Crippen LogP contribution in [0, 0.1) is 0 Å². The highest BCUT2D eigenvalue weighted by Gasteiger charge is 2.38. The Labute approximate surface area is 169 Å². The molecule has 160 valence electrons. The Hall–Kier alpha value is -2.95. The molecule has 11 heteroatoms. The standard InChI is InChI=1S/C19H21F3N6O2/c1-12(2)28-11-23-15-9-13(3-4-14(15)17(28)29)27-7-5-26(6-8-27)10-16-24-25-18(30-16)19(20,21)22/h3-4,9,11-12H,5-8,10H2,1-2H3. The zero-order valence-electron chi connectivity index (χ0n) is 16.6. The van der Waals surface area contributed by atoms with Gasteiger partial charge in [0.05, 0.1) is 23.8 Å². The number of alkyl halides is 3. The average Bonchev–Trinajstić information content (AvgIpc) is 3.17. The fourth-order valence-corrected chi connectivity index (χ4v) is 3.48. The van der Waals surface area contributed by atoms with Crippen LogP contribution in [0.2, 0.25) is 0 Å². The Morgan fingerprint density at radius 1 is 1.13 bits per heavy atom. The lowest BCUT2D eigenvalue weighted by Crippen LogP contribution is -2.46. The molecule has 0 unspecified atom stereocenters. The Balaban J connectivity index is 1.42. The van der Waals surface area contributed by atoms with Crippen LogP contribution in [-0.4, -0.2) is 50.8 Å². The number of nitrogens with zero attached hydrogens (tertiary/aromatic N) is 6. The van der Waals surface area contributed by atoms with Gasteiger partial charge in [0, 0.05) is 37.9 Å². The summed E-state index contributed by atoms with van der Waals surface area (Å²) in [7, 11) is 0. The highest BCUT2D eigenvalue weighted by atomic mass is 19.4. The van der Waals surface area contributed by atoms with Crippen LogP contribution in [-0.2, 0) is 12.7 Å². The zero-order chi connectivity index (χ0) is 21.5. The molecule has 8 nitrogen and oxygen atoms in total. The van der Waals surface area contributed by atoms with Crippen molar-refractivity contribution in [3.63, 3.8) is 0 Å². The van der Waals surface area contributed by atoms with Crippen molar-refractivity contribution in [3.05, 3.63) is 46.7 Å². The van der Waals surface area contributed by atoms with Crippen LogP contribution in [0.3, 0.4) is 0 Å². The molecule has 3 aromatic rings. The predicted octanol–water partition coefficient (Wildman–Crippen LogP) is 2.70. The van der Waals surface area contributed by atoms with E-state index in [4.69, 9.17) is 4.42 Å². The molecule has 4 rings (SSSR count). The second-order valence-corrected chi connectivity index (χ2v) is 7.51. The van der Waals surface area contributed by atoms with E-state index < -0.39 is 12.1 Å². The average molecular weight is 422 g/mol. The molecule has 2 aromatic heterocycles. The van der Waals surface area contributed by atoms with Gasteiger partial charge in [-0.25, -0.2) is 4.98 Å². The van der Waals surface area contributed by atoms with E-state index >= 15 is 0 Å². The Kier molecular flexibility index (Phi) is 5.22. The van der Waals surface area contributed by atoms with Gasteiger partial charge in [0.2, 0.25) is 5.89 Å². The molecule has 0 atom stereocenters. The quantitative estimate of drug-likeness (QED) is 0.640. The van der Waals surface area contributed by atoms with Gasteiger partial charge >= 0.3 is 12.1 Å². The number of piperazine rings is 1. The van der Waals surface area contributed by atoms with Crippen LogP contribution in [0.25, 0.3) is 10.9 Å². The van der Waals surface area contributed by atoms with E-state index in [0.29, 0.717) is 37.1 Å². The summed E-state index contributed by atoms with van der Waals surface area (Å²) in [5.41, 5.74) is 1.53. The lowest BCUT2D eigenvalue weighted by atomic mass is 10.2. The van der Waals surface area contributed by atoms with Crippen LogP contribution in [0.4, 0.5) is 18.9 Å². The fourth-order valence-electron chi connectivity index (χ4n) is 3.48. The van der Waals surface area contributed by atoms with Crippen molar-refractivity contribution in [3.8, 4) is 0 Å². The van der Waals surface area contributed by atoms with Crippen LogP contribution < -0.4 is 10.5 Å². The highest BCUT2D eigenvalue weighted by Crippen LogP contribution is 2.28. The normalized spacial score (nSPS) is 16.0. The van der Waals surface area contributed by atoms with Crippen LogP contribution in [0.1, 0.15) is 31.7 Å². The lowest BCUT2D eigenvalue weighted by molar-refractivity contribution is -0.157. The second kappa shape index (κ2) is 7.71. The smallest absolute Gasteiger partial charge is 0.416 e. The second-order valence-electron chi connectivity index (χ2n) is 7.51. The number of benzene rings is 1. The molecule has 0 saturated carbocycles. The molecule has 3 heterocycles. The van der Waals surface area contributed by atoms with E-state index in [1.807, 2.05) is 30.9 Å². The molecular weight excluding hydrogens is 401 g/mol. The third-order valence-electron chi connectivity index (χ3n) is 5.13. The van der Waals surface area contributed by atoms with Gasteiger partial charge in [-0.05, 0) is 32.0 Å². The molecule has 1 aliphatic heterocycles. The van der Waals surface area contributed by atoms with Crippen molar-refractivity contribution in [1.29, 1.82) is 0 Å². The van der Waals surface area contributed by atoms with Crippen molar-refractivity contribution >= 4 is 16.6 Å². The van der Waals surface area contributed by atoms with Crippen molar-refractivity contribution in [1.82, 2.24) is 24.6 Å². The molecular formula is C19H21F3N6O2. The van der Waals surface area contributed by atoms with E-state index in [2.05, 4.69) is 20.1 Å². The van der Waals surface area contributed by atoms with E-state index in [1.165, 1.54) is 0 Å². The van der Waals surface area contributed by atoms with Gasteiger partial charge < -0.3 is 9.32 Å². The number of rotatable bonds is 4. The van der Waals surface area contributed by atoms with E-state index in [9.17, 15) is 18.0 Å². The highest BCUT2D eigenvalue weighted by molar-refractivity contribution is 5.81. The van der Waals surface area contributed by atoms with E-state index in [1.54, 1.807) is 17.0 Å². The van der Waals surface area contributed by atoms with Gasteiger partial charge in [-0.15, -0.1) is 10.2 Å². The van der Waals surface area contributed by atoms with Gasteiger partial charge in [0.1, 0.15) is 0 Å². The van der Waals surface area contributed by atoms with Crippen molar-refractivity contribution in [2.24, 2.45) is 0 Å². The van der Waals surface area contributed by atoms with E-state index in [-0.39, 0.29) is 24.0 Å².